The van der Waals surface area contributed by atoms with Gasteiger partial charge in [0.15, 0.2) is 0 Å². The molecule has 0 aromatic heterocycles. The first-order valence-electron chi connectivity index (χ1n) is 5.97. The normalized spacial score (nSPS) is 22.9. The molecule has 0 amide bonds. The summed E-state index contributed by atoms with van der Waals surface area (Å²) in [6, 6.07) is 0. The second kappa shape index (κ2) is 5.13. The molecule has 84 valence electrons. The maximum atomic E-state index is 3.44. The second-order valence-corrected chi connectivity index (χ2v) is 5.33. The van der Waals surface area contributed by atoms with E-state index in [1.54, 1.807) is 0 Å². The smallest absolute Gasteiger partial charge is 0.0174 e. The van der Waals surface area contributed by atoms with Crippen molar-refractivity contribution in [3.63, 3.8) is 0 Å². The van der Waals surface area contributed by atoms with Gasteiger partial charge in [-0.3, -0.25) is 0 Å². The van der Waals surface area contributed by atoms with Crippen LogP contribution >= 0.6 is 0 Å². The average Bonchev–Trinajstić information content (AvgIpc) is 2.17. The van der Waals surface area contributed by atoms with Crippen molar-refractivity contribution in [1.29, 1.82) is 0 Å². The largest absolute Gasteiger partial charge is 0.314 e. The molecular weight excluding hydrogens is 172 g/mol. The van der Waals surface area contributed by atoms with E-state index in [4.69, 9.17) is 0 Å². The summed E-state index contributed by atoms with van der Waals surface area (Å²) in [6.45, 7) is 10.8. The van der Waals surface area contributed by atoms with Crippen LogP contribution in [0.15, 0.2) is 0 Å². The summed E-state index contributed by atoms with van der Waals surface area (Å²) < 4.78 is 0. The second-order valence-electron chi connectivity index (χ2n) is 5.33. The Hall–Kier alpha value is -0.0800. The van der Waals surface area contributed by atoms with Crippen LogP contribution in [-0.2, 0) is 0 Å². The Kier molecular flexibility index (Phi) is 4.39. The summed E-state index contributed by atoms with van der Waals surface area (Å²) in [5, 5.41) is 3.44. The van der Waals surface area contributed by atoms with Gasteiger partial charge in [-0.2, -0.15) is 0 Å². The molecule has 1 aliphatic heterocycles. The summed E-state index contributed by atoms with van der Waals surface area (Å²) in [6.07, 6.45) is 3.93. The minimum Gasteiger partial charge on any atom is -0.314 e. The predicted molar refractivity (Wildman–Crippen MR) is 62.6 cm³/mol. The molecule has 1 heterocycles. The minimum absolute atomic E-state index is 0.397. The molecule has 1 rings (SSSR count). The molecule has 0 aromatic carbocycles. The van der Waals surface area contributed by atoms with E-state index in [1.807, 2.05) is 0 Å². The topological polar surface area (TPSA) is 15.3 Å². The van der Waals surface area contributed by atoms with Crippen molar-refractivity contribution < 1.29 is 0 Å². The Morgan fingerprint density at radius 2 is 1.86 bits per heavy atom. The fraction of sp³-hybridized carbons (Fsp3) is 1.00. The monoisotopic (exact) mass is 198 g/mol. The molecule has 14 heavy (non-hydrogen) atoms. The summed E-state index contributed by atoms with van der Waals surface area (Å²) in [4.78, 5) is 2.61. The van der Waals surface area contributed by atoms with Gasteiger partial charge in [-0.05, 0) is 58.8 Å². The van der Waals surface area contributed by atoms with Gasteiger partial charge in [0.1, 0.15) is 0 Å². The van der Waals surface area contributed by atoms with Crippen molar-refractivity contribution >= 4 is 0 Å². The van der Waals surface area contributed by atoms with E-state index in [-0.39, 0.29) is 0 Å². The molecule has 0 aliphatic carbocycles. The van der Waals surface area contributed by atoms with Gasteiger partial charge in [-0.25, -0.2) is 0 Å². The standard InChI is InChI=1S/C12H26N2/c1-11(2)5-8-14-9-6-12(3,13-4)7-10-14/h11,13H,5-10H2,1-4H3. The molecule has 0 unspecified atom stereocenters. The molecule has 0 saturated carbocycles. The fourth-order valence-corrected chi connectivity index (χ4v) is 1.96. The molecule has 1 saturated heterocycles. The number of hydrogen-bond acceptors (Lipinski definition) is 2. The number of likely N-dealkylation sites (tertiary alicyclic amines) is 1. The summed E-state index contributed by atoms with van der Waals surface area (Å²) in [7, 11) is 2.09. The highest BCUT2D eigenvalue weighted by atomic mass is 15.1. The molecule has 1 fully saturated rings. The van der Waals surface area contributed by atoms with Gasteiger partial charge in [0, 0.05) is 5.54 Å². The van der Waals surface area contributed by atoms with Crippen molar-refractivity contribution in [1.82, 2.24) is 10.2 Å². The molecule has 0 atom stereocenters. The number of nitrogens with one attached hydrogen (secondary N) is 1. The highest BCUT2D eigenvalue weighted by Gasteiger charge is 2.27. The SMILES string of the molecule is CNC1(C)CCN(CCC(C)C)CC1. The third-order valence-electron chi connectivity index (χ3n) is 3.59. The van der Waals surface area contributed by atoms with E-state index in [0.717, 1.165) is 5.92 Å². The third kappa shape index (κ3) is 3.58. The summed E-state index contributed by atoms with van der Waals surface area (Å²) >= 11 is 0. The zero-order valence-corrected chi connectivity index (χ0v) is 10.3. The van der Waals surface area contributed by atoms with Gasteiger partial charge in [0.25, 0.3) is 0 Å². The van der Waals surface area contributed by atoms with E-state index in [0.29, 0.717) is 5.54 Å². The lowest BCUT2D eigenvalue weighted by Crippen LogP contribution is -2.50. The zero-order valence-electron chi connectivity index (χ0n) is 10.3. The van der Waals surface area contributed by atoms with Crippen LogP contribution < -0.4 is 5.32 Å². The molecule has 0 aromatic rings. The molecule has 2 nitrogen and oxygen atoms in total. The van der Waals surface area contributed by atoms with Crippen LogP contribution in [0.5, 0.6) is 0 Å². The van der Waals surface area contributed by atoms with Crippen LogP contribution in [-0.4, -0.2) is 37.1 Å². The van der Waals surface area contributed by atoms with Crippen LogP contribution in [0.3, 0.4) is 0 Å². The Balaban J connectivity index is 2.22. The highest BCUT2D eigenvalue weighted by Crippen LogP contribution is 2.21. The molecule has 2 heteroatoms. The maximum Gasteiger partial charge on any atom is 0.0174 e. The number of rotatable bonds is 4. The highest BCUT2D eigenvalue weighted by molar-refractivity contribution is 4.87. The van der Waals surface area contributed by atoms with Gasteiger partial charge in [-0.1, -0.05) is 13.8 Å². The summed E-state index contributed by atoms with van der Waals surface area (Å²) in [5.74, 6) is 0.840. The van der Waals surface area contributed by atoms with Crippen molar-refractivity contribution in [3.05, 3.63) is 0 Å². The first kappa shape index (κ1) is 12.0. The Bertz CT molecular complexity index is 158. The fourth-order valence-electron chi connectivity index (χ4n) is 1.96. The maximum absolute atomic E-state index is 3.44. The molecule has 0 bridgehead atoms. The lowest BCUT2D eigenvalue weighted by atomic mass is 9.90. The number of nitrogens with zero attached hydrogens (tertiary/aromatic N) is 1. The average molecular weight is 198 g/mol. The first-order chi connectivity index (χ1) is 6.56. The molecule has 0 radical (unpaired) electrons. The van der Waals surface area contributed by atoms with Crippen LogP contribution in [0.25, 0.3) is 0 Å². The lowest BCUT2D eigenvalue weighted by molar-refractivity contribution is 0.147. The van der Waals surface area contributed by atoms with E-state index < -0.39 is 0 Å². The van der Waals surface area contributed by atoms with E-state index >= 15 is 0 Å². The molecular formula is C12H26N2. The van der Waals surface area contributed by atoms with Crippen LogP contribution in [0.1, 0.15) is 40.0 Å². The minimum atomic E-state index is 0.397. The molecule has 1 aliphatic rings. The zero-order chi connectivity index (χ0) is 10.6. The van der Waals surface area contributed by atoms with Gasteiger partial charge >= 0.3 is 0 Å². The number of piperidine rings is 1. The Morgan fingerprint density at radius 3 is 2.29 bits per heavy atom. The lowest BCUT2D eigenvalue weighted by Gasteiger charge is -2.39. The van der Waals surface area contributed by atoms with Crippen molar-refractivity contribution in [2.75, 3.05) is 26.7 Å². The van der Waals surface area contributed by atoms with Gasteiger partial charge in [0.2, 0.25) is 0 Å². The third-order valence-corrected chi connectivity index (χ3v) is 3.59. The van der Waals surface area contributed by atoms with Crippen molar-refractivity contribution in [2.24, 2.45) is 5.92 Å². The van der Waals surface area contributed by atoms with Gasteiger partial charge in [-0.15, -0.1) is 0 Å². The van der Waals surface area contributed by atoms with E-state index in [2.05, 4.69) is 38.0 Å². The van der Waals surface area contributed by atoms with Gasteiger partial charge in [0.05, 0.1) is 0 Å². The molecule has 0 spiro atoms. The van der Waals surface area contributed by atoms with Crippen molar-refractivity contribution in [2.45, 2.75) is 45.6 Å². The van der Waals surface area contributed by atoms with E-state index in [1.165, 1.54) is 38.9 Å². The van der Waals surface area contributed by atoms with Crippen LogP contribution in [0.4, 0.5) is 0 Å². The number of hydrogen-bond donors (Lipinski definition) is 1. The van der Waals surface area contributed by atoms with Crippen LogP contribution in [0.2, 0.25) is 0 Å². The van der Waals surface area contributed by atoms with Crippen molar-refractivity contribution in [3.8, 4) is 0 Å². The first-order valence-corrected chi connectivity index (χ1v) is 5.97. The Morgan fingerprint density at radius 1 is 1.29 bits per heavy atom. The Labute approximate surface area is 89.1 Å². The van der Waals surface area contributed by atoms with Crippen LogP contribution in [0, 0.1) is 5.92 Å². The van der Waals surface area contributed by atoms with Gasteiger partial charge < -0.3 is 10.2 Å². The van der Waals surface area contributed by atoms with E-state index in [9.17, 15) is 0 Å². The summed E-state index contributed by atoms with van der Waals surface area (Å²) in [5.41, 5.74) is 0.397. The predicted octanol–water partition coefficient (Wildman–Crippen LogP) is 2.11. The molecule has 1 N–H and O–H groups in total. The quantitative estimate of drug-likeness (QED) is 0.744.